The molecule has 0 radical (unpaired) electrons. The van der Waals surface area contributed by atoms with E-state index in [0.717, 1.165) is 16.9 Å². The van der Waals surface area contributed by atoms with Crippen molar-refractivity contribution in [1.29, 1.82) is 0 Å². The molecule has 0 bridgehead atoms. The van der Waals surface area contributed by atoms with Gasteiger partial charge in [0.2, 0.25) is 0 Å². The maximum absolute atomic E-state index is 6.03. The number of hydrogen-bond donors (Lipinski definition) is 0. The van der Waals surface area contributed by atoms with Gasteiger partial charge in [0.05, 0.1) is 20.3 Å². The Balaban J connectivity index is 0.00000161. The number of halogens is 1. The van der Waals surface area contributed by atoms with Crippen LogP contribution in [0, 0.1) is 6.07 Å². The van der Waals surface area contributed by atoms with E-state index in [9.17, 15) is 0 Å². The second-order valence-electron chi connectivity index (χ2n) is 4.45. The predicted octanol–water partition coefficient (Wildman–Crippen LogP) is 0.401. The van der Waals surface area contributed by atoms with E-state index in [-0.39, 0.29) is 18.9 Å². The number of hydrogen-bond acceptors (Lipinski definition) is 3. The summed E-state index contributed by atoms with van der Waals surface area (Å²) in [6.07, 6.45) is 0. The monoisotopic (exact) mass is 296 g/mol. The third-order valence-corrected chi connectivity index (χ3v) is 3.50. The average molecular weight is 297 g/mol. The van der Waals surface area contributed by atoms with E-state index in [1.807, 2.05) is 36.4 Å². The molecule has 0 atom stereocenters. The third-order valence-electron chi connectivity index (χ3n) is 3.28. The number of rotatable bonds is 3. The molecule has 0 unspecified atom stereocenters. The van der Waals surface area contributed by atoms with Crippen LogP contribution in [0.15, 0.2) is 42.5 Å². The zero-order valence-electron chi connectivity index (χ0n) is 12.1. The number of ether oxygens (including phenoxy) is 3. The first-order valence-electron chi connectivity index (χ1n) is 6.35. The van der Waals surface area contributed by atoms with E-state index in [1.165, 1.54) is 0 Å². The second kappa shape index (κ2) is 6.87. The molecule has 0 saturated carbocycles. The third kappa shape index (κ3) is 3.13. The molecular formula is C16H14ClLiO3. The van der Waals surface area contributed by atoms with Crippen molar-refractivity contribution >= 4 is 11.6 Å². The Kier molecular flexibility index (Phi) is 5.37. The molecule has 2 aromatic carbocycles. The first-order valence-corrected chi connectivity index (χ1v) is 6.73. The van der Waals surface area contributed by atoms with Crippen LogP contribution in [0.2, 0.25) is 5.02 Å². The van der Waals surface area contributed by atoms with Gasteiger partial charge in [-0.25, -0.2) is 0 Å². The molecule has 0 N–H and O–H groups in total. The Hall–Kier alpha value is -0.953. The van der Waals surface area contributed by atoms with Crippen molar-refractivity contribution in [3.63, 3.8) is 0 Å². The summed E-state index contributed by atoms with van der Waals surface area (Å²) in [5.41, 5.74) is 1.67. The minimum Gasteiger partial charge on any atom is -0.497 e. The fraction of sp³-hybridized carbons (Fsp3) is 0.250. The van der Waals surface area contributed by atoms with Crippen molar-refractivity contribution < 1.29 is 33.1 Å². The van der Waals surface area contributed by atoms with Gasteiger partial charge in [-0.05, 0) is 24.3 Å². The number of benzene rings is 2. The van der Waals surface area contributed by atoms with Gasteiger partial charge in [-0.15, -0.1) is 11.6 Å². The zero-order valence-corrected chi connectivity index (χ0v) is 12.8. The largest absolute Gasteiger partial charge is 1.00 e. The van der Waals surface area contributed by atoms with E-state index in [1.54, 1.807) is 13.2 Å². The minimum atomic E-state index is -0.933. The van der Waals surface area contributed by atoms with Crippen LogP contribution in [0.3, 0.4) is 0 Å². The standard InChI is InChI=1S/C16H14ClO3.Li/c1-18-15-7-5-12(6-8-15)16(19-9-10-20-16)13-3-2-4-14(17)11-13;/h2-8H,9-10H2,1H3;/q-1;+1. The molecule has 3 rings (SSSR count). The molecule has 0 spiro atoms. The summed E-state index contributed by atoms with van der Waals surface area (Å²) in [6.45, 7) is 1.07. The van der Waals surface area contributed by atoms with Crippen LogP contribution in [0.1, 0.15) is 11.1 Å². The molecule has 1 aliphatic heterocycles. The predicted molar refractivity (Wildman–Crippen MR) is 76.0 cm³/mol. The summed E-state index contributed by atoms with van der Waals surface area (Å²) < 4.78 is 17.0. The molecule has 0 aromatic heterocycles. The fourth-order valence-electron chi connectivity index (χ4n) is 2.33. The molecule has 1 aliphatic rings. The molecule has 0 aliphatic carbocycles. The average Bonchev–Trinajstić information content (AvgIpc) is 2.98. The van der Waals surface area contributed by atoms with Gasteiger partial charge in [-0.3, -0.25) is 0 Å². The molecule has 0 amide bonds. The zero-order chi connectivity index (χ0) is 14.0. The first-order chi connectivity index (χ1) is 9.74. The summed E-state index contributed by atoms with van der Waals surface area (Å²) in [5.74, 6) is -0.144. The van der Waals surface area contributed by atoms with Crippen LogP contribution in [0.25, 0.3) is 0 Å². The molecule has 1 fully saturated rings. The Morgan fingerprint density at radius 2 is 1.76 bits per heavy atom. The van der Waals surface area contributed by atoms with E-state index < -0.39 is 5.79 Å². The quantitative estimate of drug-likeness (QED) is 0.606. The van der Waals surface area contributed by atoms with E-state index in [2.05, 4.69) is 6.07 Å². The fourth-order valence-corrected chi connectivity index (χ4v) is 2.51. The van der Waals surface area contributed by atoms with E-state index in [4.69, 9.17) is 25.8 Å². The Morgan fingerprint density at radius 3 is 2.33 bits per heavy atom. The van der Waals surface area contributed by atoms with Gasteiger partial charge in [-0.2, -0.15) is 24.3 Å². The van der Waals surface area contributed by atoms with Crippen molar-refractivity contribution in [2.45, 2.75) is 5.79 Å². The minimum absolute atomic E-state index is 0. The second-order valence-corrected chi connectivity index (χ2v) is 4.86. The Bertz CT molecular complexity index is 595. The topological polar surface area (TPSA) is 27.7 Å². The smallest absolute Gasteiger partial charge is 0.497 e. The summed E-state index contributed by atoms with van der Waals surface area (Å²) in [5, 5.41) is 0.537. The van der Waals surface area contributed by atoms with E-state index in [0.29, 0.717) is 18.2 Å². The maximum atomic E-state index is 6.03. The Labute approximate surface area is 141 Å². The Morgan fingerprint density at radius 1 is 1.10 bits per heavy atom. The molecule has 2 aromatic rings. The van der Waals surface area contributed by atoms with Crippen LogP contribution in [-0.4, -0.2) is 20.3 Å². The van der Waals surface area contributed by atoms with Crippen molar-refractivity contribution in [1.82, 2.24) is 0 Å². The molecule has 104 valence electrons. The molecule has 3 nitrogen and oxygen atoms in total. The van der Waals surface area contributed by atoms with Gasteiger partial charge in [0, 0.05) is 5.56 Å². The van der Waals surface area contributed by atoms with Crippen molar-refractivity contribution in [2.75, 3.05) is 20.3 Å². The van der Waals surface area contributed by atoms with Crippen molar-refractivity contribution in [3.05, 3.63) is 64.7 Å². The van der Waals surface area contributed by atoms with Crippen molar-refractivity contribution in [2.24, 2.45) is 0 Å². The molecular weight excluding hydrogens is 283 g/mol. The van der Waals surface area contributed by atoms with Crippen molar-refractivity contribution in [3.8, 4) is 5.75 Å². The van der Waals surface area contributed by atoms with Crippen LogP contribution in [0.4, 0.5) is 0 Å². The molecule has 5 heteroatoms. The molecule has 1 saturated heterocycles. The molecule has 21 heavy (non-hydrogen) atoms. The SMILES string of the molecule is COc1ccc(C2(c3[c-]c(Cl)ccc3)OCCO2)cc1.[Li+]. The van der Waals surface area contributed by atoms with Gasteiger partial charge in [0.1, 0.15) is 5.75 Å². The van der Waals surface area contributed by atoms with Crippen LogP contribution in [0.5, 0.6) is 5.75 Å². The van der Waals surface area contributed by atoms with Gasteiger partial charge >= 0.3 is 18.9 Å². The first kappa shape index (κ1) is 16.4. The number of methoxy groups -OCH3 is 1. The van der Waals surface area contributed by atoms with E-state index >= 15 is 0 Å². The van der Waals surface area contributed by atoms with Gasteiger partial charge < -0.3 is 14.2 Å². The van der Waals surface area contributed by atoms with Gasteiger partial charge in [0.25, 0.3) is 0 Å². The summed E-state index contributed by atoms with van der Waals surface area (Å²) >= 11 is 6.03. The van der Waals surface area contributed by atoms with Crippen LogP contribution in [-0.2, 0) is 15.3 Å². The molecule has 1 heterocycles. The van der Waals surface area contributed by atoms with Gasteiger partial charge in [-0.1, -0.05) is 10.6 Å². The summed E-state index contributed by atoms with van der Waals surface area (Å²) in [7, 11) is 1.64. The summed E-state index contributed by atoms with van der Waals surface area (Å²) in [6, 6.07) is 16.3. The van der Waals surface area contributed by atoms with Crippen LogP contribution < -0.4 is 23.6 Å². The normalized spacial score (nSPS) is 16.3. The maximum Gasteiger partial charge on any atom is 1.00 e. The van der Waals surface area contributed by atoms with Gasteiger partial charge in [0.15, 0.2) is 5.79 Å². The summed E-state index contributed by atoms with van der Waals surface area (Å²) in [4.78, 5) is 0. The van der Waals surface area contributed by atoms with Crippen LogP contribution >= 0.6 is 11.6 Å².